The van der Waals surface area contributed by atoms with Crippen LogP contribution >= 0.6 is 0 Å². The van der Waals surface area contributed by atoms with Crippen LogP contribution in [0.15, 0.2) is 33.8 Å². The Morgan fingerprint density at radius 2 is 1.93 bits per heavy atom. The molecule has 4 heterocycles. The van der Waals surface area contributed by atoms with Crippen LogP contribution in [0.4, 0.5) is 4.39 Å². The zero-order valence-electron chi connectivity index (χ0n) is 24.6. The highest BCUT2D eigenvalue weighted by molar-refractivity contribution is 7.96. The van der Waals surface area contributed by atoms with E-state index < -0.39 is 42.7 Å². The van der Waals surface area contributed by atoms with Gasteiger partial charge in [0.05, 0.1) is 38.1 Å². The van der Waals surface area contributed by atoms with Crippen molar-refractivity contribution >= 4 is 27.2 Å². The average molecular weight is 582 g/mol. The summed E-state index contributed by atoms with van der Waals surface area (Å²) in [6.07, 6.45) is 2.10. The van der Waals surface area contributed by atoms with E-state index in [9.17, 15) is 13.8 Å². The summed E-state index contributed by atoms with van der Waals surface area (Å²) in [6.45, 7) is 12.6. The number of aliphatic imine (C=N–C) groups is 1. The minimum Gasteiger partial charge on any atom is -0.460 e. The summed E-state index contributed by atoms with van der Waals surface area (Å²) in [6, 6.07) is 6.24. The quantitative estimate of drug-likeness (QED) is 0.345. The average Bonchev–Trinajstić information content (AvgIpc) is 2.87. The van der Waals surface area contributed by atoms with Crippen LogP contribution in [0.5, 0.6) is 0 Å². The summed E-state index contributed by atoms with van der Waals surface area (Å²) in [7, 11) is -3.04. The molecule has 11 heteroatoms. The standard InChI is InChI=1S/C30H36FN5O4S/c1-18-13-19(16-32)17-33-26(18)22(37)14-20-10-11-21(31)27(35-20)30(7)24-9-8-12-34-41(24,39)29(5,6)23(36-30)15-25(38)40-28(2,3)4/h10-11,13,17,24H,8-9,12,14-15H2,1-7H3/t24-,30-,41+/m0/s1. The molecule has 0 aromatic carbocycles. The molecule has 9 nitrogen and oxygen atoms in total. The SMILES string of the molecule is Cc1cc(C#N)cnc1C(=O)Cc1ccc(F)c([C@@]2(C)N=C(CC(=O)OC(C)(C)C)C(C)(C)[S@@]3(=O)=NCCC[C@@H]23)n1. The molecule has 0 unspecified atom stereocenters. The number of carbonyl (C=O) groups is 2. The molecular formula is C30H36FN5O4S. The van der Waals surface area contributed by atoms with Crippen molar-refractivity contribution in [2.45, 2.75) is 95.3 Å². The maximum atomic E-state index is 15.6. The first-order valence-corrected chi connectivity index (χ1v) is 15.2. The van der Waals surface area contributed by atoms with E-state index in [1.807, 2.05) is 6.07 Å². The van der Waals surface area contributed by atoms with Crippen molar-refractivity contribution in [3.05, 3.63) is 58.4 Å². The molecule has 0 saturated heterocycles. The van der Waals surface area contributed by atoms with E-state index in [4.69, 9.17) is 15.0 Å². The number of hydrogen-bond acceptors (Lipinski definition) is 9. The highest BCUT2D eigenvalue weighted by Gasteiger charge is 2.57. The maximum absolute atomic E-state index is 15.6. The van der Waals surface area contributed by atoms with Gasteiger partial charge in [-0.2, -0.15) is 5.26 Å². The summed E-state index contributed by atoms with van der Waals surface area (Å²) in [5.41, 5.74) is -0.454. The second kappa shape index (κ2) is 10.7. The number of halogens is 1. The first kappa shape index (κ1) is 30.4. The van der Waals surface area contributed by atoms with Crippen LogP contribution in [-0.4, -0.2) is 53.8 Å². The zero-order chi connectivity index (χ0) is 30.4. The number of nitrogens with zero attached hydrogens (tertiary/aromatic N) is 5. The number of fused-ring (bicyclic) bond motifs is 1. The van der Waals surface area contributed by atoms with Gasteiger partial charge in [0.1, 0.15) is 34.4 Å². The lowest BCUT2D eigenvalue weighted by Gasteiger charge is -2.48. The molecule has 0 bridgehead atoms. The lowest BCUT2D eigenvalue weighted by molar-refractivity contribution is -0.153. The van der Waals surface area contributed by atoms with Crippen LogP contribution in [-0.2, 0) is 31.2 Å². The van der Waals surface area contributed by atoms with Crippen molar-refractivity contribution in [1.82, 2.24) is 9.97 Å². The molecule has 41 heavy (non-hydrogen) atoms. The van der Waals surface area contributed by atoms with Crippen LogP contribution < -0.4 is 0 Å². The molecular weight excluding hydrogens is 545 g/mol. The third kappa shape index (κ3) is 5.67. The second-order valence-corrected chi connectivity index (χ2v) is 15.3. The van der Waals surface area contributed by atoms with E-state index >= 15 is 4.39 Å². The van der Waals surface area contributed by atoms with Gasteiger partial charge in [0.25, 0.3) is 0 Å². The highest BCUT2D eigenvalue weighted by Crippen LogP contribution is 2.48. The Morgan fingerprint density at radius 1 is 1.22 bits per heavy atom. The Balaban J connectivity index is 1.80. The van der Waals surface area contributed by atoms with Gasteiger partial charge in [0.2, 0.25) is 0 Å². The number of pyridine rings is 2. The Bertz CT molecular complexity index is 1610. The number of ether oxygens (including phenoxy) is 1. The van der Waals surface area contributed by atoms with Gasteiger partial charge in [-0.25, -0.2) is 13.0 Å². The van der Waals surface area contributed by atoms with E-state index in [0.29, 0.717) is 41.9 Å². The molecule has 3 atom stereocenters. The Labute approximate surface area is 240 Å². The molecule has 218 valence electrons. The molecule has 4 rings (SSSR count). The van der Waals surface area contributed by atoms with Gasteiger partial charge in [0.15, 0.2) is 5.78 Å². The monoisotopic (exact) mass is 581 g/mol. The largest absolute Gasteiger partial charge is 0.460 e. The van der Waals surface area contributed by atoms with Crippen LogP contribution in [0.3, 0.4) is 0 Å². The molecule has 0 N–H and O–H groups in total. The molecule has 0 spiro atoms. The number of aryl methyl sites for hydroxylation is 1. The number of Topliss-reactive ketones (excluding diaryl/α,β-unsaturated/α-hetero) is 1. The van der Waals surface area contributed by atoms with Crippen LogP contribution in [0.25, 0.3) is 0 Å². The topological polar surface area (TPSA) is 135 Å². The third-order valence-electron chi connectivity index (χ3n) is 7.64. The van der Waals surface area contributed by atoms with Crippen molar-refractivity contribution in [3.8, 4) is 6.07 Å². The number of hydrogen-bond donors (Lipinski definition) is 0. The van der Waals surface area contributed by atoms with Gasteiger partial charge < -0.3 is 4.74 Å². The fraction of sp³-hybridized carbons (Fsp3) is 0.533. The third-order valence-corrected chi connectivity index (χ3v) is 11.4. The number of ketones is 1. The zero-order valence-corrected chi connectivity index (χ0v) is 25.4. The molecule has 2 aromatic heterocycles. The van der Waals surface area contributed by atoms with Gasteiger partial charge in [-0.05, 0) is 85.1 Å². The number of carbonyl (C=O) groups excluding carboxylic acids is 2. The summed E-state index contributed by atoms with van der Waals surface area (Å²) in [4.78, 5) is 39.7. The number of aromatic nitrogens is 2. The van der Waals surface area contributed by atoms with Gasteiger partial charge in [-0.1, -0.05) is 0 Å². The number of nitriles is 1. The first-order chi connectivity index (χ1) is 19.0. The molecule has 0 saturated carbocycles. The fourth-order valence-corrected chi connectivity index (χ4v) is 8.92. The molecule has 2 aromatic rings. The minimum absolute atomic E-state index is 0.0423. The van der Waals surface area contributed by atoms with Gasteiger partial charge in [0, 0.05) is 24.1 Å². The fourth-order valence-electron chi connectivity index (χ4n) is 5.58. The van der Waals surface area contributed by atoms with E-state index in [-0.39, 0.29) is 30.0 Å². The predicted molar refractivity (Wildman–Crippen MR) is 154 cm³/mol. The normalized spacial score (nSPS) is 25.2. The van der Waals surface area contributed by atoms with Gasteiger partial charge in [-0.15, -0.1) is 0 Å². The smallest absolute Gasteiger partial charge is 0.312 e. The van der Waals surface area contributed by atoms with E-state index in [0.717, 1.165) is 0 Å². The molecule has 2 aliphatic heterocycles. The van der Waals surface area contributed by atoms with Gasteiger partial charge in [-0.3, -0.25) is 24.5 Å². The molecule has 0 radical (unpaired) electrons. The summed E-state index contributed by atoms with van der Waals surface area (Å²) in [5.74, 6) is -1.51. The highest BCUT2D eigenvalue weighted by atomic mass is 32.2. The second-order valence-electron chi connectivity index (χ2n) is 12.3. The van der Waals surface area contributed by atoms with Crippen LogP contribution in [0.2, 0.25) is 0 Å². The minimum atomic E-state index is -3.04. The Kier molecular flexibility index (Phi) is 7.95. The van der Waals surface area contributed by atoms with Crippen molar-refractivity contribution in [2.75, 3.05) is 6.54 Å². The van der Waals surface area contributed by atoms with E-state index in [2.05, 4.69) is 14.3 Å². The first-order valence-electron chi connectivity index (χ1n) is 13.6. The summed E-state index contributed by atoms with van der Waals surface area (Å²) >= 11 is 0. The Morgan fingerprint density at radius 3 is 2.56 bits per heavy atom. The molecule has 0 amide bonds. The van der Waals surface area contributed by atoms with E-state index in [1.165, 1.54) is 18.3 Å². The summed E-state index contributed by atoms with van der Waals surface area (Å²) in [5, 5.41) is 8.44. The van der Waals surface area contributed by atoms with Crippen molar-refractivity contribution in [2.24, 2.45) is 9.36 Å². The predicted octanol–water partition coefficient (Wildman–Crippen LogP) is 5.03. The summed E-state index contributed by atoms with van der Waals surface area (Å²) < 4.78 is 39.4. The Hall–Kier alpha value is -3.52. The van der Waals surface area contributed by atoms with Crippen molar-refractivity contribution in [1.29, 1.82) is 5.26 Å². The van der Waals surface area contributed by atoms with Crippen molar-refractivity contribution < 1.29 is 22.9 Å². The van der Waals surface area contributed by atoms with Crippen LogP contribution in [0, 0.1) is 24.1 Å². The lowest BCUT2D eigenvalue weighted by Crippen LogP contribution is -2.59. The van der Waals surface area contributed by atoms with Crippen molar-refractivity contribution in [3.63, 3.8) is 0 Å². The van der Waals surface area contributed by atoms with Crippen LogP contribution in [0.1, 0.15) is 93.8 Å². The molecule has 0 aliphatic carbocycles. The van der Waals surface area contributed by atoms with Gasteiger partial charge >= 0.3 is 5.97 Å². The molecule has 2 aliphatic rings. The maximum Gasteiger partial charge on any atom is 0.312 e. The number of esters is 1. The molecule has 0 fully saturated rings. The lowest BCUT2D eigenvalue weighted by atomic mass is 9.87. The number of rotatable bonds is 6. The van der Waals surface area contributed by atoms with E-state index in [1.54, 1.807) is 54.5 Å².